The summed E-state index contributed by atoms with van der Waals surface area (Å²) in [6.45, 7) is 2.81. The zero-order valence-electron chi connectivity index (χ0n) is 17.1. The van der Waals surface area contributed by atoms with Gasteiger partial charge < -0.3 is 10.1 Å². The predicted molar refractivity (Wildman–Crippen MR) is 117 cm³/mol. The lowest BCUT2D eigenvalue weighted by molar-refractivity contribution is -0.116. The summed E-state index contributed by atoms with van der Waals surface area (Å²) in [5.41, 5.74) is 3.13. The molecular formula is C24H24N4O2. The highest BCUT2D eigenvalue weighted by Crippen LogP contribution is 2.27. The number of hydrogen-bond acceptors (Lipinski definition) is 4. The lowest BCUT2D eigenvalue weighted by Gasteiger charge is -2.06. The van der Waals surface area contributed by atoms with Crippen molar-refractivity contribution in [2.45, 2.75) is 19.8 Å². The van der Waals surface area contributed by atoms with Crippen LogP contribution in [-0.4, -0.2) is 29.3 Å². The van der Waals surface area contributed by atoms with E-state index in [-0.39, 0.29) is 5.57 Å². The maximum atomic E-state index is 12.0. The van der Waals surface area contributed by atoms with Crippen molar-refractivity contribution < 1.29 is 9.53 Å². The first kappa shape index (κ1) is 20.9. The molecule has 2 aromatic carbocycles. The highest BCUT2D eigenvalue weighted by Gasteiger charge is 2.14. The number of hydrogen-bond donors (Lipinski definition) is 1. The molecule has 152 valence electrons. The Labute approximate surface area is 176 Å². The molecule has 0 fully saturated rings. The summed E-state index contributed by atoms with van der Waals surface area (Å²) >= 11 is 0. The number of aromatic nitrogens is 2. The number of unbranched alkanes of at least 4 members (excludes halogenated alkanes) is 1. The molecule has 0 unspecified atom stereocenters. The number of amides is 1. The standard InChI is InChI=1S/C24H24N4O2/c1-3-4-14-30-22-12-10-18(11-13-22)23-20(15-19(16-25)24(29)26-2)17-28(27-23)21-8-6-5-7-9-21/h5-13,15,17H,3-4,14H2,1-2H3,(H,26,29)/b19-15+. The van der Waals surface area contributed by atoms with E-state index >= 15 is 0 Å². The Morgan fingerprint density at radius 3 is 2.57 bits per heavy atom. The normalized spacial score (nSPS) is 11.0. The second-order valence-electron chi connectivity index (χ2n) is 6.69. The molecule has 1 N–H and O–H groups in total. The molecular weight excluding hydrogens is 376 g/mol. The molecule has 0 spiro atoms. The van der Waals surface area contributed by atoms with E-state index < -0.39 is 5.91 Å². The number of nitrogens with one attached hydrogen (secondary N) is 1. The number of likely N-dealkylation sites (N-methyl/N-ethyl adjacent to an activating group) is 1. The molecule has 0 atom stereocenters. The third-order valence-corrected chi connectivity index (χ3v) is 4.55. The molecule has 0 bridgehead atoms. The van der Waals surface area contributed by atoms with Gasteiger partial charge in [0.2, 0.25) is 0 Å². The summed E-state index contributed by atoms with van der Waals surface area (Å²) in [6.07, 6.45) is 5.47. The fraction of sp³-hybridized carbons (Fsp3) is 0.208. The summed E-state index contributed by atoms with van der Waals surface area (Å²) < 4.78 is 7.48. The summed E-state index contributed by atoms with van der Waals surface area (Å²) in [7, 11) is 1.50. The number of nitriles is 1. The van der Waals surface area contributed by atoms with Crippen molar-refractivity contribution in [1.29, 1.82) is 5.26 Å². The molecule has 0 saturated carbocycles. The smallest absolute Gasteiger partial charge is 0.261 e. The van der Waals surface area contributed by atoms with Gasteiger partial charge in [-0.2, -0.15) is 10.4 Å². The summed E-state index contributed by atoms with van der Waals surface area (Å²) in [4.78, 5) is 12.0. The highest BCUT2D eigenvalue weighted by molar-refractivity contribution is 6.02. The van der Waals surface area contributed by atoms with Crippen molar-refractivity contribution in [3.8, 4) is 28.8 Å². The molecule has 6 nitrogen and oxygen atoms in total. The van der Waals surface area contributed by atoms with Crippen LogP contribution in [0.15, 0.2) is 66.4 Å². The number of nitrogens with zero attached hydrogens (tertiary/aromatic N) is 3. The van der Waals surface area contributed by atoms with Crippen molar-refractivity contribution >= 4 is 12.0 Å². The molecule has 3 rings (SSSR count). The maximum Gasteiger partial charge on any atom is 0.261 e. The third kappa shape index (κ3) is 4.95. The Bertz CT molecular complexity index is 1060. The van der Waals surface area contributed by atoms with Gasteiger partial charge in [-0.1, -0.05) is 31.5 Å². The largest absolute Gasteiger partial charge is 0.494 e. The van der Waals surface area contributed by atoms with Crippen molar-refractivity contribution in [3.63, 3.8) is 0 Å². The Morgan fingerprint density at radius 2 is 1.93 bits per heavy atom. The van der Waals surface area contributed by atoms with E-state index in [9.17, 15) is 10.1 Å². The van der Waals surface area contributed by atoms with Crippen molar-refractivity contribution in [3.05, 3.63) is 71.9 Å². The van der Waals surface area contributed by atoms with E-state index in [1.165, 1.54) is 7.05 Å². The van der Waals surface area contributed by atoms with Crippen LogP contribution >= 0.6 is 0 Å². The number of carbonyl (C=O) groups is 1. The number of carbonyl (C=O) groups excluding carboxylic acids is 1. The number of rotatable bonds is 8. The summed E-state index contributed by atoms with van der Waals surface area (Å²) in [5.74, 6) is 0.366. The van der Waals surface area contributed by atoms with Crippen LogP contribution in [0, 0.1) is 11.3 Å². The van der Waals surface area contributed by atoms with E-state index in [1.807, 2.05) is 66.9 Å². The van der Waals surface area contributed by atoms with Crippen LogP contribution in [0.25, 0.3) is 23.0 Å². The molecule has 3 aromatic rings. The van der Waals surface area contributed by atoms with Gasteiger partial charge in [0.15, 0.2) is 0 Å². The van der Waals surface area contributed by atoms with Crippen LogP contribution in [0.3, 0.4) is 0 Å². The van der Waals surface area contributed by atoms with E-state index in [0.717, 1.165) is 29.8 Å². The first-order valence-electron chi connectivity index (χ1n) is 9.88. The minimum Gasteiger partial charge on any atom is -0.494 e. The molecule has 0 aliphatic rings. The minimum atomic E-state index is -0.435. The average molecular weight is 400 g/mol. The second-order valence-corrected chi connectivity index (χ2v) is 6.69. The minimum absolute atomic E-state index is 0.0193. The van der Waals surface area contributed by atoms with Gasteiger partial charge in [-0.25, -0.2) is 4.68 Å². The van der Waals surface area contributed by atoms with Gasteiger partial charge in [0.05, 0.1) is 18.0 Å². The lowest BCUT2D eigenvalue weighted by Crippen LogP contribution is -2.19. The average Bonchev–Trinajstić information content (AvgIpc) is 3.22. The van der Waals surface area contributed by atoms with E-state index in [1.54, 1.807) is 10.8 Å². The van der Waals surface area contributed by atoms with Gasteiger partial charge in [0.25, 0.3) is 5.91 Å². The first-order valence-corrected chi connectivity index (χ1v) is 9.88. The topological polar surface area (TPSA) is 79.9 Å². The maximum absolute atomic E-state index is 12.0. The SMILES string of the molecule is CCCCOc1ccc(-c2nn(-c3ccccc3)cc2/C=C(\C#N)C(=O)NC)cc1. The highest BCUT2D eigenvalue weighted by atomic mass is 16.5. The van der Waals surface area contributed by atoms with Crippen molar-refractivity contribution in [2.24, 2.45) is 0 Å². The quantitative estimate of drug-likeness (QED) is 0.346. The zero-order valence-corrected chi connectivity index (χ0v) is 17.1. The Hall–Kier alpha value is -3.85. The van der Waals surface area contributed by atoms with Crippen LogP contribution in [0.4, 0.5) is 0 Å². The van der Waals surface area contributed by atoms with E-state index in [2.05, 4.69) is 12.2 Å². The van der Waals surface area contributed by atoms with Gasteiger partial charge in [0, 0.05) is 24.4 Å². The van der Waals surface area contributed by atoms with Crippen molar-refractivity contribution in [1.82, 2.24) is 15.1 Å². The van der Waals surface area contributed by atoms with Crippen LogP contribution < -0.4 is 10.1 Å². The van der Waals surface area contributed by atoms with Gasteiger partial charge in [-0.15, -0.1) is 0 Å². The molecule has 0 aliphatic heterocycles. The van der Waals surface area contributed by atoms with Crippen LogP contribution in [0.1, 0.15) is 25.3 Å². The summed E-state index contributed by atoms with van der Waals surface area (Å²) in [6, 6.07) is 19.3. The number of benzene rings is 2. The molecule has 0 radical (unpaired) electrons. The molecule has 0 saturated heterocycles. The van der Waals surface area contributed by atoms with Crippen LogP contribution in [0.5, 0.6) is 5.75 Å². The third-order valence-electron chi connectivity index (χ3n) is 4.55. The Morgan fingerprint density at radius 1 is 1.20 bits per heavy atom. The van der Waals surface area contributed by atoms with Gasteiger partial charge >= 0.3 is 0 Å². The summed E-state index contributed by atoms with van der Waals surface area (Å²) in [5, 5.41) is 16.6. The van der Waals surface area contributed by atoms with E-state index in [0.29, 0.717) is 17.9 Å². The van der Waals surface area contributed by atoms with Crippen LogP contribution in [-0.2, 0) is 4.79 Å². The van der Waals surface area contributed by atoms with E-state index in [4.69, 9.17) is 9.84 Å². The second kappa shape index (κ2) is 10.1. The Kier molecular flexibility index (Phi) is 7.01. The van der Waals surface area contributed by atoms with Gasteiger partial charge in [0.1, 0.15) is 17.4 Å². The fourth-order valence-electron chi connectivity index (χ4n) is 2.91. The molecule has 1 aromatic heterocycles. The predicted octanol–water partition coefficient (Wildman–Crippen LogP) is 4.37. The fourth-order valence-corrected chi connectivity index (χ4v) is 2.91. The molecule has 0 aliphatic carbocycles. The molecule has 6 heteroatoms. The molecule has 30 heavy (non-hydrogen) atoms. The number of ether oxygens (including phenoxy) is 1. The lowest BCUT2D eigenvalue weighted by atomic mass is 10.1. The number of para-hydroxylation sites is 1. The van der Waals surface area contributed by atoms with Gasteiger partial charge in [-0.3, -0.25) is 4.79 Å². The van der Waals surface area contributed by atoms with Crippen LogP contribution in [0.2, 0.25) is 0 Å². The van der Waals surface area contributed by atoms with Crippen molar-refractivity contribution in [2.75, 3.05) is 13.7 Å². The monoisotopic (exact) mass is 400 g/mol. The Balaban J connectivity index is 2.01. The molecule has 1 heterocycles. The molecule has 1 amide bonds. The van der Waals surface area contributed by atoms with Gasteiger partial charge in [-0.05, 0) is 48.9 Å². The first-order chi connectivity index (χ1) is 14.7. The zero-order chi connectivity index (χ0) is 21.3.